The number of carbonyl (C=O) groups is 1. The molecule has 2 aromatic rings. The summed E-state index contributed by atoms with van der Waals surface area (Å²) in [5.74, 6) is -4.13. The molecule has 2 fully saturated rings. The quantitative estimate of drug-likeness (QED) is 0.122. The Labute approximate surface area is 205 Å². The Morgan fingerprint density at radius 2 is 1.57 bits per heavy atom. The fourth-order valence-electron chi connectivity index (χ4n) is 6.13. The Balaban J connectivity index is 1.34. The molecular weight excluding hydrogens is 456 g/mol. The molecule has 0 heterocycles. The molecule has 0 amide bonds. The fraction of sp³-hybridized carbons (Fsp3) is 0.552. The lowest BCUT2D eigenvalue weighted by atomic mass is 9.63. The van der Waals surface area contributed by atoms with Crippen LogP contribution < -0.4 is 4.74 Å². The van der Waals surface area contributed by atoms with E-state index in [1.807, 2.05) is 0 Å². The number of esters is 1. The van der Waals surface area contributed by atoms with E-state index in [1.165, 1.54) is 57.4 Å². The number of ether oxygens (including phenoxy) is 1. The lowest BCUT2D eigenvalue weighted by Gasteiger charge is -2.42. The van der Waals surface area contributed by atoms with Crippen molar-refractivity contribution in [1.29, 1.82) is 0 Å². The zero-order chi connectivity index (χ0) is 24.9. The first-order valence-corrected chi connectivity index (χ1v) is 13.0. The summed E-state index contributed by atoms with van der Waals surface area (Å²) in [7, 11) is 0. The smallest absolute Gasteiger partial charge is 0.343 e. The van der Waals surface area contributed by atoms with Crippen LogP contribution in [0, 0.1) is 41.0 Å². The van der Waals surface area contributed by atoms with Gasteiger partial charge in [-0.25, -0.2) is 22.4 Å². The first kappa shape index (κ1) is 25.7. The third kappa shape index (κ3) is 6.25. The van der Waals surface area contributed by atoms with Crippen LogP contribution in [0.5, 0.6) is 5.75 Å². The van der Waals surface area contributed by atoms with Crippen molar-refractivity contribution in [3.05, 3.63) is 64.7 Å². The van der Waals surface area contributed by atoms with E-state index in [9.17, 15) is 18.0 Å². The topological polar surface area (TPSA) is 26.3 Å². The Hall–Kier alpha value is -2.37. The van der Waals surface area contributed by atoms with Crippen LogP contribution in [0.3, 0.4) is 0 Å². The predicted octanol–water partition coefficient (Wildman–Crippen LogP) is 8.73. The van der Waals surface area contributed by atoms with Gasteiger partial charge in [0.1, 0.15) is 11.6 Å². The SMILES string of the molecule is CCCCCC[C@H]1CC[C@@H]2CC(c3ccc(C(=O)Oc4cc(F)c(F)c(F)c4)cc3F)CC[C@H]2C1. The Bertz CT molecular complexity index is 1010. The van der Waals surface area contributed by atoms with Crippen molar-refractivity contribution in [1.82, 2.24) is 0 Å². The van der Waals surface area contributed by atoms with Crippen LogP contribution in [0.2, 0.25) is 0 Å². The molecule has 0 saturated heterocycles. The third-order valence-electron chi connectivity index (χ3n) is 8.03. The molecule has 0 aromatic heterocycles. The minimum atomic E-state index is -1.64. The second-order valence-corrected chi connectivity index (χ2v) is 10.4. The molecule has 2 aromatic carbocycles. The van der Waals surface area contributed by atoms with E-state index < -0.39 is 35.0 Å². The van der Waals surface area contributed by atoms with Crippen molar-refractivity contribution >= 4 is 5.97 Å². The van der Waals surface area contributed by atoms with Gasteiger partial charge in [-0.2, -0.15) is 0 Å². The summed E-state index contributed by atoms with van der Waals surface area (Å²) >= 11 is 0. The van der Waals surface area contributed by atoms with E-state index in [2.05, 4.69) is 6.92 Å². The van der Waals surface area contributed by atoms with Gasteiger partial charge in [-0.05, 0) is 73.5 Å². The average Bonchev–Trinajstić information content (AvgIpc) is 2.84. The van der Waals surface area contributed by atoms with Gasteiger partial charge >= 0.3 is 5.97 Å². The molecule has 0 N–H and O–H groups in total. The monoisotopic (exact) mass is 490 g/mol. The van der Waals surface area contributed by atoms with Gasteiger partial charge in [0.15, 0.2) is 17.5 Å². The zero-order valence-electron chi connectivity index (χ0n) is 20.3. The highest BCUT2D eigenvalue weighted by Gasteiger charge is 2.36. The van der Waals surface area contributed by atoms with Gasteiger partial charge in [0.2, 0.25) is 0 Å². The van der Waals surface area contributed by atoms with E-state index in [1.54, 1.807) is 6.07 Å². The fourth-order valence-corrected chi connectivity index (χ4v) is 6.13. The highest BCUT2D eigenvalue weighted by Crippen LogP contribution is 2.48. The van der Waals surface area contributed by atoms with Crippen LogP contribution in [-0.2, 0) is 0 Å². The molecule has 0 radical (unpaired) electrons. The minimum absolute atomic E-state index is 0.0614. The molecule has 0 bridgehead atoms. The number of halogens is 4. The number of carbonyl (C=O) groups excluding carboxylic acids is 1. The highest BCUT2D eigenvalue weighted by atomic mass is 19.2. The van der Waals surface area contributed by atoms with Crippen molar-refractivity contribution in [2.75, 3.05) is 0 Å². The molecule has 6 heteroatoms. The molecule has 2 nitrogen and oxygen atoms in total. The van der Waals surface area contributed by atoms with Crippen LogP contribution >= 0.6 is 0 Å². The summed E-state index contributed by atoms with van der Waals surface area (Å²) in [5.41, 5.74) is 0.550. The molecule has 35 heavy (non-hydrogen) atoms. The van der Waals surface area contributed by atoms with Gasteiger partial charge in [0.05, 0.1) is 5.56 Å². The van der Waals surface area contributed by atoms with E-state index >= 15 is 4.39 Å². The maximum absolute atomic E-state index is 15.0. The largest absolute Gasteiger partial charge is 0.423 e. The number of unbranched alkanes of at least 4 members (excludes halogenated alkanes) is 3. The van der Waals surface area contributed by atoms with Crippen molar-refractivity contribution < 1.29 is 27.1 Å². The van der Waals surface area contributed by atoms with E-state index in [0.717, 1.165) is 37.2 Å². The molecule has 0 spiro atoms. The standard InChI is InChI=1S/C29H34F4O2/c1-2-3-4-5-6-18-7-8-20-14-21(10-9-19(20)13-18)24-12-11-22(15-25(24)30)29(34)35-23-16-26(31)28(33)27(32)17-23/h11-12,15-21H,2-10,13-14H2,1H3/t18-,19-,20+,21?/m0/s1. The molecule has 1 unspecified atom stereocenters. The second-order valence-electron chi connectivity index (χ2n) is 10.4. The van der Waals surface area contributed by atoms with Crippen molar-refractivity contribution in [3.63, 3.8) is 0 Å². The summed E-state index contributed by atoms with van der Waals surface area (Å²) in [6.07, 6.45) is 13.4. The lowest BCUT2D eigenvalue weighted by molar-refractivity contribution is 0.0733. The third-order valence-corrected chi connectivity index (χ3v) is 8.03. The molecule has 0 aliphatic heterocycles. The molecular formula is C29H34F4O2. The predicted molar refractivity (Wildman–Crippen MR) is 127 cm³/mol. The van der Waals surface area contributed by atoms with Gasteiger partial charge in [0, 0.05) is 12.1 Å². The van der Waals surface area contributed by atoms with Crippen molar-refractivity contribution in [2.24, 2.45) is 17.8 Å². The van der Waals surface area contributed by atoms with Crippen molar-refractivity contribution in [2.45, 2.75) is 83.5 Å². The Morgan fingerprint density at radius 3 is 2.29 bits per heavy atom. The Morgan fingerprint density at radius 1 is 0.857 bits per heavy atom. The summed E-state index contributed by atoms with van der Waals surface area (Å²) in [6, 6.07) is 5.39. The van der Waals surface area contributed by atoms with Gasteiger partial charge in [-0.15, -0.1) is 0 Å². The first-order chi connectivity index (χ1) is 16.9. The highest BCUT2D eigenvalue weighted by molar-refractivity contribution is 5.91. The number of hydrogen-bond acceptors (Lipinski definition) is 2. The van der Waals surface area contributed by atoms with Crippen LogP contribution in [0.15, 0.2) is 30.3 Å². The number of rotatable bonds is 8. The molecule has 4 atom stereocenters. The number of hydrogen-bond donors (Lipinski definition) is 0. The van der Waals surface area contributed by atoms with Gasteiger partial charge in [-0.1, -0.05) is 51.5 Å². The van der Waals surface area contributed by atoms with Gasteiger partial charge in [-0.3, -0.25) is 0 Å². The van der Waals surface area contributed by atoms with Gasteiger partial charge in [0.25, 0.3) is 0 Å². The summed E-state index contributed by atoms with van der Waals surface area (Å²) < 4.78 is 59.8. The number of benzene rings is 2. The molecule has 4 rings (SSSR count). The van der Waals surface area contributed by atoms with E-state index in [-0.39, 0.29) is 11.5 Å². The lowest BCUT2D eigenvalue weighted by Crippen LogP contribution is -2.30. The van der Waals surface area contributed by atoms with Crippen LogP contribution in [0.25, 0.3) is 0 Å². The summed E-state index contributed by atoms with van der Waals surface area (Å²) in [6.45, 7) is 2.24. The maximum Gasteiger partial charge on any atom is 0.343 e. The summed E-state index contributed by atoms with van der Waals surface area (Å²) in [5, 5.41) is 0. The average molecular weight is 491 g/mol. The maximum atomic E-state index is 15.0. The van der Waals surface area contributed by atoms with Crippen LogP contribution in [0.1, 0.15) is 99.4 Å². The van der Waals surface area contributed by atoms with Crippen LogP contribution in [-0.4, -0.2) is 5.97 Å². The molecule has 190 valence electrons. The minimum Gasteiger partial charge on any atom is -0.423 e. The van der Waals surface area contributed by atoms with Gasteiger partial charge < -0.3 is 4.74 Å². The summed E-state index contributed by atoms with van der Waals surface area (Å²) in [4.78, 5) is 12.4. The molecule has 2 saturated carbocycles. The number of fused-ring (bicyclic) bond motifs is 1. The molecule has 2 aliphatic rings. The molecule has 2 aliphatic carbocycles. The first-order valence-electron chi connectivity index (χ1n) is 13.0. The zero-order valence-corrected chi connectivity index (χ0v) is 20.3. The van der Waals surface area contributed by atoms with Crippen LogP contribution in [0.4, 0.5) is 17.6 Å². The normalized spacial score (nSPS) is 24.1. The Kier molecular flexibility index (Phi) is 8.51. The van der Waals surface area contributed by atoms with E-state index in [4.69, 9.17) is 4.74 Å². The van der Waals surface area contributed by atoms with E-state index in [0.29, 0.717) is 23.6 Å². The second kappa shape index (κ2) is 11.6. The van der Waals surface area contributed by atoms with Crippen molar-refractivity contribution in [3.8, 4) is 5.75 Å².